The molecule has 0 unspecified atom stereocenters. The Morgan fingerprint density at radius 3 is 2.42 bits per heavy atom. The lowest BCUT2D eigenvalue weighted by Crippen LogP contribution is -2.44. The van der Waals surface area contributed by atoms with Crippen LogP contribution in [-0.4, -0.2) is 45.9 Å². The lowest BCUT2D eigenvalue weighted by atomic mass is 9.94. The maximum atomic E-state index is 12.6. The number of carboxylic acids is 1. The highest BCUT2D eigenvalue weighted by molar-refractivity contribution is 5.82. The Balaban J connectivity index is 1.43. The molecule has 3 rings (SSSR count). The van der Waals surface area contributed by atoms with Crippen molar-refractivity contribution in [2.24, 2.45) is 17.8 Å². The van der Waals surface area contributed by atoms with Crippen molar-refractivity contribution in [3.8, 4) is 0 Å². The first-order chi connectivity index (χ1) is 12.5. The Morgan fingerprint density at radius 1 is 1.08 bits per heavy atom. The molecule has 1 saturated heterocycles. The summed E-state index contributed by atoms with van der Waals surface area (Å²) in [7, 11) is 0. The number of rotatable bonds is 5. The predicted molar refractivity (Wildman–Crippen MR) is 93.9 cm³/mol. The molecule has 1 aliphatic carbocycles. The number of piperidine rings is 1. The molecule has 0 bridgehead atoms. The van der Waals surface area contributed by atoms with Crippen molar-refractivity contribution in [1.82, 2.24) is 15.2 Å². The van der Waals surface area contributed by atoms with Crippen LogP contribution in [0, 0.1) is 17.8 Å². The van der Waals surface area contributed by atoms with Gasteiger partial charge in [0, 0.05) is 31.1 Å². The third-order valence-electron chi connectivity index (χ3n) is 5.48. The van der Waals surface area contributed by atoms with E-state index < -0.39 is 5.97 Å². The molecule has 140 valence electrons. The third kappa shape index (κ3) is 4.39. The number of carbonyl (C=O) groups excluding carboxylic acids is 2. The van der Waals surface area contributed by atoms with E-state index in [0.717, 1.165) is 5.69 Å². The average molecular weight is 359 g/mol. The van der Waals surface area contributed by atoms with Crippen LogP contribution in [0.3, 0.4) is 0 Å². The summed E-state index contributed by atoms with van der Waals surface area (Å²) < 4.78 is 0. The van der Waals surface area contributed by atoms with E-state index in [9.17, 15) is 14.4 Å². The molecule has 0 aromatic carbocycles. The minimum absolute atomic E-state index is 0.00885. The van der Waals surface area contributed by atoms with Crippen LogP contribution in [0.5, 0.6) is 0 Å². The predicted octanol–water partition coefficient (Wildman–Crippen LogP) is 1.44. The first-order valence-corrected chi connectivity index (χ1v) is 9.24. The highest BCUT2D eigenvalue weighted by atomic mass is 16.4. The van der Waals surface area contributed by atoms with Gasteiger partial charge < -0.3 is 15.3 Å². The van der Waals surface area contributed by atoms with E-state index in [-0.39, 0.29) is 29.6 Å². The summed E-state index contributed by atoms with van der Waals surface area (Å²) in [4.78, 5) is 41.9. The number of nitrogens with zero attached hydrogens (tertiary/aromatic N) is 2. The van der Waals surface area contributed by atoms with Crippen molar-refractivity contribution in [1.29, 1.82) is 0 Å². The highest BCUT2D eigenvalue weighted by Crippen LogP contribution is 2.33. The molecule has 0 radical (unpaired) electrons. The van der Waals surface area contributed by atoms with Gasteiger partial charge in [0.2, 0.25) is 11.8 Å². The number of carbonyl (C=O) groups is 3. The number of likely N-dealkylation sites (tertiary alicyclic amines) is 1. The first-order valence-electron chi connectivity index (χ1n) is 9.24. The quantitative estimate of drug-likeness (QED) is 0.829. The minimum atomic E-state index is -0.802. The fourth-order valence-electron chi connectivity index (χ4n) is 3.88. The molecular weight excluding hydrogens is 334 g/mol. The van der Waals surface area contributed by atoms with E-state index in [1.54, 1.807) is 11.1 Å². The molecule has 2 heterocycles. The number of nitrogens with one attached hydrogen (secondary N) is 1. The van der Waals surface area contributed by atoms with Crippen LogP contribution in [0.25, 0.3) is 0 Å². The number of amides is 2. The number of aliphatic carboxylic acids is 1. The second-order valence-corrected chi connectivity index (χ2v) is 7.18. The van der Waals surface area contributed by atoms with Gasteiger partial charge in [0.25, 0.3) is 0 Å². The SMILES string of the molecule is O=C(NCc1ccccn1)C1CCN(C(=O)[C@H]2CC[C@@H](C(=O)O)C2)CC1. The summed E-state index contributed by atoms with van der Waals surface area (Å²) in [6.45, 7) is 1.54. The van der Waals surface area contributed by atoms with Crippen LogP contribution in [0.1, 0.15) is 37.8 Å². The van der Waals surface area contributed by atoms with Gasteiger partial charge in [-0.25, -0.2) is 0 Å². The van der Waals surface area contributed by atoms with Gasteiger partial charge >= 0.3 is 5.97 Å². The Hall–Kier alpha value is -2.44. The molecule has 2 aliphatic rings. The summed E-state index contributed by atoms with van der Waals surface area (Å²) in [5.41, 5.74) is 0.822. The van der Waals surface area contributed by atoms with Crippen molar-refractivity contribution >= 4 is 17.8 Å². The molecule has 0 spiro atoms. The topological polar surface area (TPSA) is 99.6 Å². The molecule has 1 aliphatic heterocycles. The van der Waals surface area contributed by atoms with E-state index in [0.29, 0.717) is 51.7 Å². The Bertz CT molecular complexity index is 656. The zero-order chi connectivity index (χ0) is 18.5. The lowest BCUT2D eigenvalue weighted by molar-refractivity contribution is -0.142. The number of carboxylic acid groups (broad SMARTS) is 1. The van der Waals surface area contributed by atoms with Gasteiger partial charge in [-0.05, 0) is 44.2 Å². The van der Waals surface area contributed by atoms with Crippen LogP contribution in [0.2, 0.25) is 0 Å². The second-order valence-electron chi connectivity index (χ2n) is 7.18. The van der Waals surface area contributed by atoms with E-state index in [2.05, 4.69) is 10.3 Å². The summed E-state index contributed by atoms with van der Waals surface area (Å²) in [6.07, 6.45) is 4.67. The van der Waals surface area contributed by atoms with Crippen molar-refractivity contribution in [3.05, 3.63) is 30.1 Å². The minimum Gasteiger partial charge on any atom is -0.481 e. The molecule has 7 nitrogen and oxygen atoms in total. The fraction of sp³-hybridized carbons (Fsp3) is 0.579. The molecule has 2 atom stereocenters. The first kappa shape index (κ1) is 18.4. The fourth-order valence-corrected chi connectivity index (χ4v) is 3.88. The van der Waals surface area contributed by atoms with Gasteiger partial charge in [-0.1, -0.05) is 6.07 Å². The summed E-state index contributed by atoms with van der Waals surface area (Å²) in [5, 5.41) is 12.0. The average Bonchev–Trinajstić information content (AvgIpc) is 3.17. The second kappa shape index (κ2) is 8.29. The summed E-state index contributed by atoms with van der Waals surface area (Å²) in [5.74, 6) is -1.39. The normalized spacial score (nSPS) is 23.6. The van der Waals surface area contributed by atoms with Crippen LogP contribution in [0.4, 0.5) is 0 Å². The van der Waals surface area contributed by atoms with Crippen LogP contribution in [-0.2, 0) is 20.9 Å². The van der Waals surface area contributed by atoms with E-state index in [4.69, 9.17) is 5.11 Å². The van der Waals surface area contributed by atoms with E-state index in [1.807, 2.05) is 18.2 Å². The van der Waals surface area contributed by atoms with Crippen molar-refractivity contribution in [2.45, 2.75) is 38.6 Å². The summed E-state index contributed by atoms with van der Waals surface area (Å²) in [6, 6.07) is 5.59. The number of pyridine rings is 1. The van der Waals surface area contributed by atoms with Crippen LogP contribution < -0.4 is 5.32 Å². The van der Waals surface area contributed by atoms with E-state index >= 15 is 0 Å². The standard InChI is InChI=1S/C19H25N3O4/c23-17(21-12-16-3-1-2-8-20-16)13-6-9-22(10-7-13)18(24)14-4-5-15(11-14)19(25)26/h1-3,8,13-15H,4-7,9-12H2,(H,21,23)(H,25,26)/t14-,15+/m0/s1. The van der Waals surface area contributed by atoms with Gasteiger partial charge in [0.05, 0.1) is 18.2 Å². The largest absolute Gasteiger partial charge is 0.481 e. The monoisotopic (exact) mass is 359 g/mol. The number of aromatic nitrogens is 1. The molecule has 2 N–H and O–H groups in total. The maximum Gasteiger partial charge on any atom is 0.306 e. The van der Waals surface area contributed by atoms with Gasteiger partial charge in [0.15, 0.2) is 0 Å². The number of hydrogen-bond donors (Lipinski definition) is 2. The smallest absolute Gasteiger partial charge is 0.306 e. The molecule has 1 aromatic rings. The van der Waals surface area contributed by atoms with Crippen LogP contribution >= 0.6 is 0 Å². The molecule has 2 amide bonds. The third-order valence-corrected chi connectivity index (χ3v) is 5.48. The van der Waals surface area contributed by atoms with Gasteiger partial charge in [0.1, 0.15) is 0 Å². The zero-order valence-electron chi connectivity index (χ0n) is 14.8. The Kier molecular flexibility index (Phi) is 5.85. The van der Waals surface area contributed by atoms with Crippen molar-refractivity contribution in [3.63, 3.8) is 0 Å². The number of hydrogen-bond acceptors (Lipinski definition) is 4. The molecular formula is C19H25N3O4. The van der Waals surface area contributed by atoms with Gasteiger partial charge in [-0.2, -0.15) is 0 Å². The maximum absolute atomic E-state index is 12.6. The highest BCUT2D eigenvalue weighted by Gasteiger charge is 2.37. The van der Waals surface area contributed by atoms with Gasteiger partial charge in [-0.15, -0.1) is 0 Å². The molecule has 7 heteroatoms. The summed E-state index contributed by atoms with van der Waals surface area (Å²) >= 11 is 0. The zero-order valence-corrected chi connectivity index (χ0v) is 14.8. The lowest BCUT2D eigenvalue weighted by Gasteiger charge is -2.33. The Morgan fingerprint density at radius 2 is 1.81 bits per heavy atom. The Labute approximate surface area is 152 Å². The molecule has 1 aromatic heterocycles. The van der Waals surface area contributed by atoms with Gasteiger partial charge in [-0.3, -0.25) is 19.4 Å². The van der Waals surface area contributed by atoms with Crippen LogP contribution in [0.15, 0.2) is 24.4 Å². The van der Waals surface area contributed by atoms with Crippen molar-refractivity contribution in [2.75, 3.05) is 13.1 Å². The molecule has 26 heavy (non-hydrogen) atoms. The molecule has 1 saturated carbocycles. The van der Waals surface area contributed by atoms with Crippen molar-refractivity contribution < 1.29 is 19.5 Å². The molecule has 2 fully saturated rings. The van der Waals surface area contributed by atoms with E-state index in [1.165, 1.54) is 0 Å².